The van der Waals surface area contributed by atoms with Crippen molar-refractivity contribution in [2.75, 3.05) is 29.0 Å². The summed E-state index contributed by atoms with van der Waals surface area (Å²) in [4.78, 5) is 10.9. The third kappa shape index (κ3) is 3.85. The highest BCUT2D eigenvalue weighted by Gasteiger charge is 2.22. The molecule has 1 aliphatic heterocycles. The number of ether oxygens (including phenoxy) is 1. The second kappa shape index (κ2) is 7.24. The molecule has 0 radical (unpaired) electrons. The quantitative estimate of drug-likeness (QED) is 0.734. The number of rotatable bonds is 4. The van der Waals surface area contributed by atoms with E-state index in [1.807, 2.05) is 30.3 Å². The van der Waals surface area contributed by atoms with Crippen molar-refractivity contribution < 1.29 is 4.74 Å². The van der Waals surface area contributed by atoms with Crippen LogP contribution in [0.3, 0.4) is 0 Å². The van der Waals surface area contributed by atoms with E-state index in [4.69, 9.17) is 10.5 Å². The van der Waals surface area contributed by atoms with Gasteiger partial charge in [0.1, 0.15) is 0 Å². The maximum Gasteiger partial charge on any atom is 0.248 e. The molecule has 8 nitrogen and oxygen atoms in total. The molecule has 2 atom stereocenters. The van der Waals surface area contributed by atoms with Gasteiger partial charge in [-0.15, -0.1) is 5.10 Å². The zero-order valence-corrected chi connectivity index (χ0v) is 15.4. The predicted molar refractivity (Wildman–Crippen MR) is 106 cm³/mol. The van der Waals surface area contributed by atoms with Crippen LogP contribution in [0.1, 0.15) is 13.8 Å². The van der Waals surface area contributed by atoms with Crippen LogP contribution in [0.25, 0.3) is 5.82 Å². The first-order chi connectivity index (χ1) is 13.1. The average molecular weight is 365 g/mol. The largest absolute Gasteiger partial charge is 0.372 e. The molecule has 1 aromatic carbocycles. The summed E-state index contributed by atoms with van der Waals surface area (Å²) in [5.41, 5.74) is 8.04. The second-order valence-electron chi connectivity index (χ2n) is 6.73. The van der Waals surface area contributed by atoms with Crippen molar-refractivity contribution in [3.63, 3.8) is 0 Å². The van der Waals surface area contributed by atoms with Crippen LogP contribution in [0, 0.1) is 0 Å². The molecule has 0 aliphatic carbocycles. The van der Waals surface area contributed by atoms with Crippen LogP contribution in [0.15, 0.2) is 48.7 Å². The Labute approximate surface area is 158 Å². The van der Waals surface area contributed by atoms with Gasteiger partial charge in [-0.1, -0.05) is 6.07 Å². The fourth-order valence-electron chi connectivity index (χ4n) is 3.30. The molecule has 140 valence electrons. The maximum absolute atomic E-state index is 5.97. The van der Waals surface area contributed by atoms with Crippen molar-refractivity contribution in [2.24, 2.45) is 0 Å². The monoisotopic (exact) mass is 365 g/mol. The van der Waals surface area contributed by atoms with Gasteiger partial charge in [0.2, 0.25) is 11.9 Å². The molecular weight excluding hydrogens is 342 g/mol. The average Bonchev–Trinajstić information content (AvgIpc) is 3.02. The Morgan fingerprint density at radius 1 is 1.07 bits per heavy atom. The molecule has 1 fully saturated rings. The number of hydrogen-bond donors (Lipinski definition) is 2. The van der Waals surface area contributed by atoms with Gasteiger partial charge < -0.3 is 20.7 Å². The Balaban J connectivity index is 1.48. The van der Waals surface area contributed by atoms with E-state index in [0.29, 0.717) is 11.8 Å². The highest BCUT2D eigenvalue weighted by molar-refractivity contribution is 5.60. The molecule has 4 rings (SSSR count). The first-order valence-electron chi connectivity index (χ1n) is 9.00. The van der Waals surface area contributed by atoms with Crippen LogP contribution in [-0.4, -0.2) is 45.0 Å². The number of morpholine rings is 1. The number of nitrogen functional groups attached to an aromatic ring is 1. The first kappa shape index (κ1) is 17.3. The topological polar surface area (TPSA) is 94.1 Å². The van der Waals surface area contributed by atoms with Gasteiger partial charge in [-0.25, -0.2) is 4.98 Å². The zero-order valence-electron chi connectivity index (χ0n) is 15.4. The lowest BCUT2D eigenvalue weighted by molar-refractivity contribution is -0.00521. The second-order valence-corrected chi connectivity index (χ2v) is 6.73. The van der Waals surface area contributed by atoms with Gasteiger partial charge in [-0.3, -0.25) is 0 Å². The van der Waals surface area contributed by atoms with Gasteiger partial charge in [-0.2, -0.15) is 9.67 Å². The molecule has 0 saturated carbocycles. The molecule has 3 aromatic rings. The van der Waals surface area contributed by atoms with E-state index < -0.39 is 0 Å². The van der Waals surface area contributed by atoms with Crippen molar-refractivity contribution in [2.45, 2.75) is 26.1 Å². The van der Waals surface area contributed by atoms with Gasteiger partial charge in [0.05, 0.1) is 12.2 Å². The lowest BCUT2D eigenvalue weighted by Gasteiger charge is -2.36. The molecule has 3 heterocycles. The van der Waals surface area contributed by atoms with Crippen molar-refractivity contribution in [1.29, 1.82) is 0 Å². The van der Waals surface area contributed by atoms with E-state index in [2.05, 4.69) is 51.3 Å². The molecule has 0 amide bonds. The van der Waals surface area contributed by atoms with Crippen LogP contribution in [0.4, 0.5) is 23.3 Å². The number of benzene rings is 1. The molecule has 0 unspecified atom stereocenters. The van der Waals surface area contributed by atoms with E-state index >= 15 is 0 Å². The molecule has 27 heavy (non-hydrogen) atoms. The Morgan fingerprint density at radius 3 is 2.48 bits per heavy atom. The maximum atomic E-state index is 5.97. The normalized spacial score (nSPS) is 19.9. The van der Waals surface area contributed by atoms with E-state index in [1.54, 1.807) is 6.20 Å². The van der Waals surface area contributed by atoms with E-state index in [1.165, 1.54) is 10.4 Å². The summed E-state index contributed by atoms with van der Waals surface area (Å²) >= 11 is 0. The van der Waals surface area contributed by atoms with Crippen LogP contribution in [0.2, 0.25) is 0 Å². The zero-order chi connectivity index (χ0) is 18.8. The summed E-state index contributed by atoms with van der Waals surface area (Å²) in [6, 6.07) is 13.7. The summed E-state index contributed by atoms with van der Waals surface area (Å²) in [6.45, 7) is 5.99. The van der Waals surface area contributed by atoms with Gasteiger partial charge in [-0.05, 0) is 50.2 Å². The summed E-state index contributed by atoms with van der Waals surface area (Å²) in [6.07, 6.45) is 2.15. The molecule has 8 heteroatoms. The van der Waals surface area contributed by atoms with Crippen molar-refractivity contribution in [3.05, 3.63) is 48.7 Å². The minimum atomic E-state index is 0.231. The lowest BCUT2D eigenvalue weighted by atomic mass is 10.2. The van der Waals surface area contributed by atoms with E-state index in [-0.39, 0.29) is 18.2 Å². The van der Waals surface area contributed by atoms with Gasteiger partial charge in [0, 0.05) is 30.7 Å². The molecule has 2 aromatic heterocycles. The van der Waals surface area contributed by atoms with Crippen molar-refractivity contribution in [3.8, 4) is 5.82 Å². The SMILES string of the molecule is C[C@@H]1CN(c2ccc(Nc3nc(N)n(-c4ccccn4)n3)cc2)C[C@H](C)O1. The molecule has 0 bridgehead atoms. The Morgan fingerprint density at radius 2 is 1.81 bits per heavy atom. The smallest absolute Gasteiger partial charge is 0.248 e. The lowest BCUT2D eigenvalue weighted by Crippen LogP contribution is -2.45. The number of anilines is 4. The Kier molecular flexibility index (Phi) is 4.64. The molecule has 0 spiro atoms. The van der Waals surface area contributed by atoms with Crippen LogP contribution < -0.4 is 16.0 Å². The summed E-state index contributed by atoms with van der Waals surface area (Å²) in [5.74, 6) is 1.34. The van der Waals surface area contributed by atoms with Gasteiger partial charge >= 0.3 is 0 Å². The number of aromatic nitrogens is 4. The standard InChI is InChI=1S/C19H23N7O/c1-13-11-25(12-14(2)27-13)16-8-6-15(7-9-16)22-19-23-18(20)26(24-19)17-5-3-4-10-21-17/h3-10,13-14H,11-12H2,1-2H3,(H3,20,22,23,24)/t13-,14+. The first-order valence-corrected chi connectivity index (χ1v) is 9.00. The highest BCUT2D eigenvalue weighted by Crippen LogP contribution is 2.24. The summed E-state index contributed by atoms with van der Waals surface area (Å²) in [7, 11) is 0. The fourth-order valence-corrected chi connectivity index (χ4v) is 3.30. The number of nitrogens with two attached hydrogens (primary N) is 1. The molecule has 1 saturated heterocycles. The van der Waals surface area contributed by atoms with Crippen LogP contribution >= 0.6 is 0 Å². The van der Waals surface area contributed by atoms with E-state index in [9.17, 15) is 0 Å². The molecule has 1 aliphatic rings. The fraction of sp³-hybridized carbons (Fsp3) is 0.316. The number of hydrogen-bond acceptors (Lipinski definition) is 7. The number of pyridine rings is 1. The predicted octanol–water partition coefficient (Wildman–Crippen LogP) is 2.60. The minimum Gasteiger partial charge on any atom is -0.372 e. The van der Waals surface area contributed by atoms with Crippen molar-refractivity contribution in [1.82, 2.24) is 19.7 Å². The Hall–Kier alpha value is -3.13. The molecule has 3 N–H and O–H groups in total. The van der Waals surface area contributed by atoms with Crippen LogP contribution in [0.5, 0.6) is 0 Å². The van der Waals surface area contributed by atoms with Crippen LogP contribution in [-0.2, 0) is 4.74 Å². The van der Waals surface area contributed by atoms with Crippen molar-refractivity contribution >= 4 is 23.3 Å². The van der Waals surface area contributed by atoms with E-state index in [0.717, 1.165) is 18.8 Å². The summed E-state index contributed by atoms with van der Waals surface area (Å²) < 4.78 is 7.31. The summed E-state index contributed by atoms with van der Waals surface area (Å²) in [5, 5.41) is 7.58. The molecular formula is C19H23N7O. The number of nitrogens with zero attached hydrogens (tertiary/aromatic N) is 5. The third-order valence-electron chi connectivity index (χ3n) is 4.41. The van der Waals surface area contributed by atoms with Gasteiger partial charge in [0.15, 0.2) is 5.82 Å². The Bertz CT molecular complexity index is 884. The van der Waals surface area contributed by atoms with Gasteiger partial charge in [0.25, 0.3) is 0 Å². The number of nitrogens with one attached hydrogen (secondary N) is 1. The highest BCUT2D eigenvalue weighted by atomic mass is 16.5. The third-order valence-corrected chi connectivity index (χ3v) is 4.41. The minimum absolute atomic E-state index is 0.231.